The van der Waals surface area contributed by atoms with E-state index in [9.17, 15) is 15.0 Å². The molecule has 6 aliphatic rings. The van der Waals surface area contributed by atoms with Crippen molar-refractivity contribution >= 4 is 12.0 Å². The summed E-state index contributed by atoms with van der Waals surface area (Å²) in [7, 11) is 0. The van der Waals surface area contributed by atoms with Crippen LogP contribution in [-0.2, 0) is 16.6 Å². The Balaban J connectivity index is 1.19. The highest BCUT2D eigenvalue weighted by Gasteiger charge is 2.73. The number of likely N-dealkylation sites (tertiary alicyclic amines) is 2. The maximum atomic E-state index is 13.7. The Morgan fingerprint density at radius 1 is 1.05 bits per heavy atom. The van der Waals surface area contributed by atoms with Gasteiger partial charge in [0.2, 0.25) is 5.91 Å². The van der Waals surface area contributed by atoms with E-state index in [4.69, 9.17) is 4.74 Å². The highest BCUT2D eigenvalue weighted by molar-refractivity contribution is 6.00. The molecular weight excluding hydrogens is 464 g/mol. The number of piperidine rings is 1. The fourth-order valence-corrected chi connectivity index (χ4v) is 8.61. The number of rotatable bonds is 4. The van der Waals surface area contributed by atoms with Crippen molar-refractivity contribution in [2.24, 2.45) is 5.92 Å². The van der Waals surface area contributed by atoms with Crippen LogP contribution in [0.2, 0.25) is 0 Å². The Labute approximate surface area is 217 Å². The van der Waals surface area contributed by atoms with Crippen LogP contribution in [0.3, 0.4) is 0 Å². The van der Waals surface area contributed by atoms with Crippen LogP contribution in [0.4, 0.5) is 0 Å². The molecule has 2 saturated heterocycles. The Bertz CT molecular complexity index is 1320. The molecule has 2 N–H and O–H groups in total. The zero-order valence-corrected chi connectivity index (χ0v) is 21.1. The summed E-state index contributed by atoms with van der Waals surface area (Å²) < 4.78 is 6.69. The molecule has 4 fully saturated rings. The van der Waals surface area contributed by atoms with E-state index in [0.717, 1.165) is 55.0 Å². The molecule has 3 aliphatic heterocycles. The first-order valence-electron chi connectivity index (χ1n) is 14.0. The molecular formula is C31H34N2O4. The first-order chi connectivity index (χ1) is 18.0. The van der Waals surface area contributed by atoms with E-state index in [2.05, 4.69) is 4.90 Å². The number of hydrogen-bond donors (Lipinski definition) is 2. The molecule has 0 radical (unpaired) electrons. The predicted molar refractivity (Wildman–Crippen MR) is 139 cm³/mol. The van der Waals surface area contributed by atoms with Gasteiger partial charge in [-0.25, -0.2) is 0 Å². The van der Waals surface area contributed by atoms with Crippen LogP contribution in [0.5, 0.6) is 11.5 Å². The van der Waals surface area contributed by atoms with Gasteiger partial charge in [0.05, 0.1) is 17.1 Å². The first kappa shape index (κ1) is 22.2. The van der Waals surface area contributed by atoms with Gasteiger partial charge in [0.1, 0.15) is 6.10 Å². The topological polar surface area (TPSA) is 73.2 Å². The minimum absolute atomic E-state index is 0.0553. The quantitative estimate of drug-likeness (QED) is 0.630. The first-order valence-corrected chi connectivity index (χ1v) is 14.0. The second-order valence-electron chi connectivity index (χ2n) is 12.2. The number of benzene rings is 2. The van der Waals surface area contributed by atoms with Crippen LogP contribution >= 0.6 is 0 Å². The molecule has 2 bridgehead atoms. The number of aliphatic hydroxyl groups is 1. The molecule has 5 atom stereocenters. The molecule has 2 aromatic rings. The fourth-order valence-electron chi connectivity index (χ4n) is 8.61. The molecule has 37 heavy (non-hydrogen) atoms. The predicted octanol–water partition coefficient (Wildman–Crippen LogP) is 3.64. The number of phenolic OH excluding ortho intramolecular Hbond substituents is 1. The minimum atomic E-state index is -0.918. The van der Waals surface area contributed by atoms with Crippen molar-refractivity contribution < 1.29 is 19.7 Å². The normalized spacial score (nSPS) is 37.1. The van der Waals surface area contributed by atoms with Crippen molar-refractivity contribution in [2.75, 3.05) is 19.6 Å². The van der Waals surface area contributed by atoms with Gasteiger partial charge in [-0.05, 0) is 80.7 Å². The van der Waals surface area contributed by atoms with Crippen molar-refractivity contribution in [1.29, 1.82) is 0 Å². The lowest BCUT2D eigenvalue weighted by Gasteiger charge is -2.64. The zero-order chi connectivity index (χ0) is 24.9. The number of amides is 1. The summed E-state index contributed by atoms with van der Waals surface area (Å²) >= 11 is 0. The summed E-state index contributed by atoms with van der Waals surface area (Å²) in [5.41, 5.74) is 2.60. The highest BCUT2D eigenvalue weighted by atomic mass is 16.5. The molecule has 6 heteroatoms. The maximum absolute atomic E-state index is 13.7. The zero-order valence-electron chi connectivity index (χ0n) is 21.1. The van der Waals surface area contributed by atoms with Gasteiger partial charge in [-0.15, -0.1) is 0 Å². The smallest absolute Gasteiger partial charge is 0.250 e. The third-order valence-corrected chi connectivity index (χ3v) is 10.4. The van der Waals surface area contributed by atoms with Crippen LogP contribution in [-0.4, -0.2) is 69.3 Å². The molecule has 8 rings (SSSR count). The van der Waals surface area contributed by atoms with Crippen molar-refractivity contribution in [3.05, 3.63) is 64.7 Å². The van der Waals surface area contributed by atoms with Crippen molar-refractivity contribution in [1.82, 2.24) is 9.80 Å². The van der Waals surface area contributed by atoms with E-state index < -0.39 is 11.0 Å². The van der Waals surface area contributed by atoms with E-state index in [-0.39, 0.29) is 29.8 Å². The SMILES string of the molecule is O=C1/C(=C/c2ccccc2)CCN1[C@H]1CCC2(O)[C@H]3Cc4ccc(O)c5c4[C@@]2(CCN3CC2CC2)[C@H]1O5. The molecule has 3 heterocycles. The van der Waals surface area contributed by atoms with Gasteiger partial charge < -0.3 is 19.8 Å². The van der Waals surface area contributed by atoms with Crippen molar-refractivity contribution in [3.63, 3.8) is 0 Å². The summed E-state index contributed by atoms with van der Waals surface area (Å²) in [6.07, 6.45) is 7.93. The average Bonchev–Trinajstić information content (AvgIpc) is 3.55. The molecule has 2 aromatic carbocycles. The number of hydrogen-bond acceptors (Lipinski definition) is 5. The molecule has 1 spiro atoms. The van der Waals surface area contributed by atoms with Gasteiger partial charge in [0.25, 0.3) is 0 Å². The monoisotopic (exact) mass is 498 g/mol. The van der Waals surface area contributed by atoms with Crippen LogP contribution in [0.15, 0.2) is 48.0 Å². The maximum Gasteiger partial charge on any atom is 0.250 e. The fraction of sp³-hybridized carbons (Fsp3) is 0.516. The third-order valence-electron chi connectivity index (χ3n) is 10.4. The molecule has 6 nitrogen and oxygen atoms in total. The summed E-state index contributed by atoms with van der Waals surface area (Å²) in [4.78, 5) is 18.3. The number of carbonyl (C=O) groups excluding carboxylic acids is 1. The summed E-state index contributed by atoms with van der Waals surface area (Å²) in [6, 6.07) is 13.8. The van der Waals surface area contributed by atoms with Crippen LogP contribution in [0.25, 0.3) is 6.08 Å². The lowest BCUT2D eigenvalue weighted by Crippen LogP contribution is -2.78. The summed E-state index contributed by atoms with van der Waals surface area (Å²) in [5, 5.41) is 23.5. The Morgan fingerprint density at radius 2 is 1.89 bits per heavy atom. The minimum Gasteiger partial charge on any atom is -0.504 e. The van der Waals surface area contributed by atoms with Gasteiger partial charge in [0.15, 0.2) is 11.5 Å². The van der Waals surface area contributed by atoms with E-state index in [1.165, 1.54) is 18.4 Å². The van der Waals surface area contributed by atoms with E-state index in [1.54, 1.807) is 6.07 Å². The van der Waals surface area contributed by atoms with Crippen molar-refractivity contribution in [3.8, 4) is 11.5 Å². The second kappa shape index (κ2) is 7.61. The van der Waals surface area contributed by atoms with Gasteiger partial charge >= 0.3 is 0 Å². The molecule has 0 aromatic heterocycles. The highest BCUT2D eigenvalue weighted by Crippen LogP contribution is 2.66. The van der Waals surface area contributed by atoms with Gasteiger partial charge in [-0.3, -0.25) is 9.69 Å². The van der Waals surface area contributed by atoms with Gasteiger partial charge in [-0.1, -0.05) is 36.4 Å². The number of ether oxygens (including phenoxy) is 1. The number of carbonyl (C=O) groups is 1. The van der Waals surface area contributed by atoms with E-state index in [0.29, 0.717) is 25.1 Å². The Hall–Kier alpha value is -2.83. The summed E-state index contributed by atoms with van der Waals surface area (Å²) in [6.45, 7) is 2.66. The second-order valence-corrected chi connectivity index (χ2v) is 12.2. The van der Waals surface area contributed by atoms with Crippen LogP contribution in [0, 0.1) is 5.92 Å². The van der Waals surface area contributed by atoms with Crippen molar-refractivity contribution in [2.45, 2.75) is 74.1 Å². The van der Waals surface area contributed by atoms with E-state index in [1.807, 2.05) is 47.4 Å². The van der Waals surface area contributed by atoms with Crippen LogP contribution in [0.1, 0.15) is 55.2 Å². The third kappa shape index (κ3) is 2.91. The number of nitrogens with zero attached hydrogens (tertiary/aromatic N) is 2. The molecule has 1 unspecified atom stereocenters. The molecule has 1 amide bonds. The Morgan fingerprint density at radius 3 is 2.70 bits per heavy atom. The molecule has 192 valence electrons. The van der Waals surface area contributed by atoms with E-state index >= 15 is 0 Å². The van der Waals surface area contributed by atoms with Gasteiger partial charge in [-0.2, -0.15) is 0 Å². The lowest BCUT2D eigenvalue weighted by atomic mass is 9.48. The molecule has 2 saturated carbocycles. The average molecular weight is 499 g/mol. The molecule has 3 aliphatic carbocycles. The van der Waals surface area contributed by atoms with Crippen LogP contribution < -0.4 is 4.74 Å². The van der Waals surface area contributed by atoms with Gasteiger partial charge in [0, 0.05) is 30.3 Å². The Kier molecular flexibility index (Phi) is 4.56. The number of phenols is 1. The summed E-state index contributed by atoms with van der Waals surface area (Å²) in [5.74, 6) is 1.55. The number of aromatic hydroxyl groups is 1. The lowest BCUT2D eigenvalue weighted by molar-refractivity contribution is -0.200. The standard InChI is InChI=1S/C31H34N2O4/c34-24-9-8-21-17-25-31(36)12-10-23(33-14-11-22(29(33)35)16-19-4-2-1-3-5-19)28-30(31,26(21)27(24)37-28)13-15-32(25)18-20-6-7-20/h1-5,8-9,16,20,23,25,28,34,36H,6-7,10-15,17-18H2/b22-16+/t23-,25+,28-,30-,31?/m0/s1. The largest absolute Gasteiger partial charge is 0.504 e.